The number of amides is 1. The Morgan fingerprint density at radius 1 is 1.03 bits per heavy atom. The minimum absolute atomic E-state index is 0.0170. The largest absolute Gasteiger partial charge is 0.484 e. The number of hydrogen-bond acceptors (Lipinski definition) is 5. The summed E-state index contributed by atoms with van der Waals surface area (Å²) in [4.78, 5) is 23.1. The number of aryl methyl sites for hydroxylation is 2. The Morgan fingerprint density at radius 3 is 2.52 bits per heavy atom. The average Bonchev–Trinajstić information content (AvgIpc) is 2.78. The summed E-state index contributed by atoms with van der Waals surface area (Å²) in [6.07, 6.45) is 1.72. The Labute approximate surface area is 182 Å². The molecule has 160 valence electrons. The zero-order valence-corrected chi connectivity index (χ0v) is 18.0. The zero-order chi connectivity index (χ0) is 21.6. The van der Waals surface area contributed by atoms with Gasteiger partial charge in [-0.2, -0.15) is 4.98 Å². The van der Waals surface area contributed by atoms with Crippen molar-refractivity contribution in [3.8, 4) is 22.8 Å². The third kappa shape index (κ3) is 5.60. The van der Waals surface area contributed by atoms with Crippen LogP contribution in [0, 0.1) is 13.8 Å². The third-order valence-electron chi connectivity index (χ3n) is 5.28. The molecule has 1 aromatic heterocycles. The molecule has 4 rings (SSSR count). The van der Waals surface area contributed by atoms with Gasteiger partial charge in [0.25, 0.3) is 5.91 Å². The van der Waals surface area contributed by atoms with Crippen LogP contribution in [0.4, 0.5) is 0 Å². The first-order chi connectivity index (χ1) is 15.1. The highest BCUT2D eigenvalue weighted by atomic mass is 16.5. The van der Waals surface area contributed by atoms with Gasteiger partial charge in [-0.15, -0.1) is 0 Å². The quantitative estimate of drug-likeness (QED) is 0.601. The van der Waals surface area contributed by atoms with Crippen LogP contribution in [0.25, 0.3) is 11.1 Å². The van der Waals surface area contributed by atoms with Gasteiger partial charge in [0.1, 0.15) is 17.7 Å². The molecule has 6 nitrogen and oxygen atoms in total. The fourth-order valence-electron chi connectivity index (χ4n) is 3.79. The van der Waals surface area contributed by atoms with E-state index < -0.39 is 0 Å². The van der Waals surface area contributed by atoms with Crippen molar-refractivity contribution in [3.05, 3.63) is 72.2 Å². The number of benzene rings is 2. The van der Waals surface area contributed by atoms with Crippen LogP contribution in [0.15, 0.2) is 60.7 Å². The molecule has 3 aromatic rings. The van der Waals surface area contributed by atoms with Crippen LogP contribution in [0.1, 0.15) is 24.4 Å². The molecule has 1 unspecified atom stereocenters. The molecule has 0 radical (unpaired) electrons. The second kappa shape index (κ2) is 9.60. The Morgan fingerprint density at radius 2 is 1.77 bits per heavy atom. The molecule has 1 atom stereocenters. The van der Waals surface area contributed by atoms with Gasteiger partial charge in [0, 0.05) is 18.3 Å². The van der Waals surface area contributed by atoms with Crippen LogP contribution in [0.3, 0.4) is 0 Å². The molecule has 2 aromatic carbocycles. The van der Waals surface area contributed by atoms with E-state index in [1.165, 1.54) is 0 Å². The molecule has 0 saturated carbocycles. The highest BCUT2D eigenvalue weighted by Gasteiger charge is 2.25. The lowest BCUT2D eigenvalue weighted by Crippen LogP contribution is -2.46. The first kappa shape index (κ1) is 20.8. The van der Waals surface area contributed by atoms with Gasteiger partial charge in [-0.05, 0) is 49.9 Å². The molecule has 0 bridgehead atoms. The normalized spacial score (nSPS) is 16.1. The number of rotatable bonds is 6. The predicted molar refractivity (Wildman–Crippen MR) is 119 cm³/mol. The van der Waals surface area contributed by atoms with Crippen LogP contribution in [0.2, 0.25) is 0 Å². The molecule has 0 N–H and O–H groups in total. The maximum absolute atomic E-state index is 12.7. The minimum atomic E-state index is -0.0726. The van der Waals surface area contributed by atoms with Crippen LogP contribution >= 0.6 is 0 Å². The van der Waals surface area contributed by atoms with Crippen molar-refractivity contribution < 1.29 is 14.3 Å². The van der Waals surface area contributed by atoms with E-state index in [2.05, 4.69) is 22.1 Å². The summed E-state index contributed by atoms with van der Waals surface area (Å²) in [6.45, 7) is 5.04. The molecule has 0 aliphatic carbocycles. The minimum Gasteiger partial charge on any atom is -0.484 e. The topological polar surface area (TPSA) is 64.5 Å². The van der Waals surface area contributed by atoms with E-state index in [0.717, 1.165) is 36.2 Å². The van der Waals surface area contributed by atoms with Gasteiger partial charge in [0.15, 0.2) is 6.61 Å². The Bertz CT molecular complexity index is 1000. The zero-order valence-electron chi connectivity index (χ0n) is 18.0. The first-order valence-corrected chi connectivity index (χ1v) is 10.6. The highest BCUT2D eigenvalue weighted by Crippen LogP contribution is 2.22. The van der Waals surface area contributed by atoms with Crippen molar-refractivity contribution >= 4 is 5.91 Å². The number of aromatic nitrogens is 2. The fraction of sp³-hybridized carbons (Fsp3) is 0.320. The predicted octanol–water partition coefficient (Wildman–Crippen LogP) is 4.21. The Balaban J connectivity index is 1.30. The maximum atomic E-state index is 12.7. The fourth-order valence-corrected chi connectivity index (χ4v) is 3.79. The molecule has 1 fully saturated rings. The molecule has 1 aliphatic heterocycles. The number of carbonyl (C=O) groups excluding carboxylic acids is 1. The standard InChI is InChI=1S/C25H27N3O3/c1-18-15-24(27-19(2)26-18)31-23-9-6-14-28(16-23)25(29)17-30-22-12-10-21(11-13-22)20-7-4-3-5-8-20/h3-5,7-8,10-13,15,23H,6,9,14,16-17H2,1-2H3. The van der Waals surface area contributed by atoms with Crippen molar-refractivity contribution in [2.75, 3.05) is 19.7 Å². The van der Waals surface area contributed by atoms with Crippen LogP contribution < -0.4 is 9.47 Å². The molecular weight excluding hydrogens is 390 g/mol. The summed E-state index contributed by atoms with van der Waals surface area (Å²) in [5.41, 5.74) is 3.14. The van der Waals surface area contributed by atoms with E-state index in [0.29, 0.717) is 24.0 Å². The second-order valence-corrected chi connectivity index (χ2v) is 7.80. The summed E-state index contributed by atoms with van der Waals surface area (Å²) in [7, 11) is 0. The lowest BCUT2D eigenvalue weighted by atomic mass is 10.1. The van der Waals surface area contributed by atoms with E-state index in [1.807, 2.05) is 67.3 Å². The van der Waals surface area contributed by atoms with Crippen molar-refractivity contribution in [1.82, 2.24) is 14.9 Å². The maximum Gasteiger partial charge on any atom is 0.260 e. The summed E-state index contributed by atoms with van der Waals surface area (Å²) in [6, 6.07) is 19.8. The van der Waals surface area contributed by atoms with Gasteiger partial charge in [-0.3, -0.25) is 4.79 Å². The Hall–Kier alpha value is -3.41. The Kier molecular flexibility index (Phi) is 6.46. The smallest absolute Gasteiger partial charge is 0.260 e. The third-order valence-corrected chi connectivity index (χ3v) is 5.28. The lowest BCUT2D eigenvalue weighted by molar-refractivity contribution is -0.136. The summed E-state index contributed by atoms with van der Waals surface area (Å²) < 4.78 is 11.8. The van der Waals surface area contributed by atoms with Crippen molar-refractivity contribution in [2.45, 2.75) is 32.8 Å². The number of likely N-dealkylation sites (tertiary alicyclic amines) is 1. The molecule has 0 spiro atoms. The SMILES string of the molecule is Cc1cc(OC2CCCN(C(=O)COc3ccc(-c4ccccc4)cc3)C2)nc(C)n1. The monoisotopic (exact) mass is 417 g/mol. The lowest BCUT2D eigenvalue weighted by Gasteiger charge is -2.32. The highest BCUT2D eigenvalue weighted by molar-refractivity contribution is 5.78. The van der Waals surface area contributed by atoms with Gasteiger partial charge in [-0.1, -0.05) is 42.5 Å². The molecular formula is C25H27N3O3. The number of hydrogen-bond donors (Lipinski definition) is 0. The number of ether oxygens (including phenoxy) is 2. The van der Waals surface area contributed by atoms with Gasteiger partial charge in [0.2, 0.25) is 5.88 Å². The summed E-state index contributed by atoms with van der Waals surface area (Å²) in [5, 5.41) is 0. The van der Waals surface area contributed by atoms with Crippen LogP contribution in [-0.4, -0.2) is 46.6 Å². The van der Waals surface area contributed by atoms with Gasteiger partial charge < -0.3 is 14.4 Å². The van der Waals surface area contributed by atoms with E-state index in [4.69, 9.17) is 9.47 Å². The second-order valence-electron chi connectivity index (χ2n) is 7.80. The molecule has 2 heterocycles. The van der Waals surface area contributed by atoms with Crippen LogP contribution in [-0.2, 0) is 4.79 Å². The molecule has 1 saturated heterocycles. The van der Waals surface area contributed by atoms with Gasteiger partial charge >= 0.3 is 0 Å². The van der Waals surface area contributed by atoms with Crippen molar-refractivity contribution in [1.29, 1.82) is 0 Å². The van der Waals surface area contributed by atoms with Gasteiger partial charge in [-0.25, -0.2) is 4.98 Å². The average molecular weight is 418 g/mol. The molecule has 6 heteroatoms. The van der Waals surface area contributed by atoms with E-state index in [9.17, 15) is 4.79 Å². The van der Waals surface area contributed by atoms with E-state index in [-0.39, 0.29) is 18.6 Å². The first-order valence-electron chi connectivity index (χ1n) is 10.6. The summed E-state index contributed by atoms with van der Waals surface area (Å²) >= 11 is 0. The van der Waals surface area contributed by atoms with E-state index in [1.54, 1.807) is 0 Å². The molecule has 1 aliphatic rings. The molecule has 31 heavy (non-hydrogen) atoms. The van der Waals surface area contributed by atoms with Crippen molar-refractivity contribution in [3.63, 3.8) is 0 Å². The van der Waals surface area contributed by atoms with Crippen LogP contribution in [0.5, 0.6) is 11.6 Å². The van der Waals surface area contributed by atoms with Gasteiger partial charge in [0.05, 0.1) is 6.54 Å². The number of nitrogens with zero attached hydrogens (tertiary/aromatic N) is 3. The number of carbonyl (C=O) groups is 1. The summed E-state index contributed by atoms with van der Waals surface area (Å²) in [5.74, 6) is 1.91. The van der Waals surface area contributed by atoms with Crippen molar-refractivity contribution in [2.24, 2.45) is 0 Å². The molecule has 1 amide bonds. The number of piperidine rings is 1. The van der Waals surface area contributed by atoms with E-state index >= 15 is 0 Å².